The Hall–Kier alpha value is -2.47. The van der Waals surface area contributed by atoms with Gasteiger partial charge in [0.05, 0.1) is 11.4 Å². The molecular formula is C19H20N4OS. The SMILES string of the molecule is Nc1c(C(=O)NC2CCCCC2)sc2nc(-c3cccnc3)ccc12. The second kappa shape index (κ2) is 6.80. The first-order valence-corrected chi connectivity index (χ1v) is 9.44. The third-order valence-electron chi connectivity index (χ3n) is 4.70. The summed E-state index contributed by atoms with van der Waals surface area (Å²) < 4.78 is 0. The molecular weight excluding hydrogens is 332 g/mol. The van der Waals surface area contributed by atoms with Crippen molar-refractivity contribution < 1.29 is 4.79 Å². The lowest BCUT2D eigenvalue weighted by atomic mass is 9.95. The molecule has 0 atom stereocenters. The van der Waals surface area contributed by atoms with Gasteiger partial charge >= 0.3 is 0 Å². The summed E-state index contributed by atoms with van der Waals surface area (Å²) >= 11 is 1.36. The van der Waals surface area contributed by atoms with E-state index in [1.807, 2.05) is 24.3 Å². The molecule has 3 aromatic heterocycles. The van der Waals surface area contributed by atoms with Crippen LogP contribution in [0.15, 0.2) is 36.7 Å². The predicted octanol–water partition coefficient (Wildman–Crippen LogP) is 4.00. The highest BCUT2D eigenvalue weighted by Crippen LogP contribution is 2.34. The molecule has 1 saturated carbocycles. The molecule has 0 spiro atoms. The Morgan fingerprint density at radius 1 is 1.20 bits per heavy atom. The molecule has 0 aromatic carbocycles. The van der Waals surface area contributed by atoms with Crippen LogP contribution in [-0.4, -0.2) is 21.9 Å². The van der Waals surface area contributed by atoms with Crippen molar-refractivity contribution in [2.24, 2.45) is 0 Å². The Kier molecular flexibility index (Phi) is 4.36. The highest BCUT2D eigenvalue weighted by molar-refractivity contribution is 7.21. The number of nitrogen functional groups attached to an aromatic ring is 1. The van der Waals surface area contributed by atoms with Gasteiger partial charge in [-0.3, -0.25) is 9.78 Å². The molecule has 128 valence electrons. The van der Waals surface area contributed by atoms with Crippen molar-refractivity contribution in [3.05, 3.63) is 41.5 Å². The van der Waals surface area contributed by atoms with Crippen LogP contribution in [-0.2, 0) is 0 Å². The summed E-state index contributed by atoms with van der Waals surface area (Å²) in [6, 6.07) is 7.98. The topological polar surface area (TPSA) is 80.9 Å². The molecule has 0 saturated heterocycles. The smallest absolute Gasteiger partial charge is 0.263 e. The molecule has 0 aliphatic heterocycles. The van der Waals surface area contributed by atoms with Gasteiger partial charge in [-0.25, -0.2) is 4.98 Å². The summed E-state index contributed by atoms with van der Waals surface area (Å²) in [5.74, 6) is -0.0738. The van der Waals surface area contributed by atoms with Gasteiger partial charge in [0.1, 0.15) is 9.71 Å². The third kappa shape index (κ3) is 3.22. The number of amides is 1. The van der Waals surface area contributed by atoms with Gasteiger partial charge in [0.25, 0.3) is 5.91 Å². The number of nitrogens with two attached hydrogens (primary N) is 1. The minimum absolute atomic E-state index is 0.0738. The van der Waals surface area contributed by atoms with Crippen molar-refractivity contribution in [1.82, 2.24) is 15.3 Å². The monoisotopic (exact) mass is 352 g/mol. The molecule has 6 heteroatoms. The van der Waals surface area contributed by atoms with Crippen molar-refractivity contribution >= 4 is 33.1 Å². The second-order valence-corrected chi connectivity index (χ2v) is 7.44. The number of nitrogens with one attached hydrogen (secondary N) is 1. The molecule has 0 unspecified atom stereocenters. The summed E-state index contributed by atoms with van der Waals surface area (Å²) in [5, 5.41) is 3.98. The number of thiophene rings is 1. The van der Waals surface area contributed by atoms with Gasteiger partial charge in [0.15, 0.2) is 0 Å². The van der Waals surface area contributed by atoms with Gasteiger partial charge in [0, 0.05) is 29.4 Å². The standard InChI is InChI=1S/C19H20N4OS/c20-16-14-8-9-15(12-5-4-10-21-11-12)23-19(14)25-17(16)18(24)22-13-6-2-1-3-7-13/h4-5,8-11,13H,1-3,6-7,20H2,(H,22,24). The molecule has 1 fully saturated rings. The maximum atomic E-state index is 12.6. The molecule has 1 aliphatic rings. The third-order valence-corrected chi connectivity index (χ3v) is 5.81. The van der Waals surface area contributed by atoms with Crippen LogP contribution in [0.5, 0.6) is 0 Å². The zero-order valence-corrected chi connectivity index (χ0v) is 14.7. The van der Waals surface area contributed by atoms with Crippen LogP contribution >= 0.6 is 11.3 Å². The molecule has 1 aliphatic carbocycles. The Balaban J connectivity index is 1.63. The number of fused-ring (bicyclic) bond motifs is 1. The minimum Gasteiger partial charge on any atom is -0.397 e. The highest BCUT2D eigenvalue weighted by atomic mass is 32.1. The van der Waals surface area contributed by atoms with Gasteiger partial charge in [-0.1, -0.05) is 19.3 Å². The van der Waals surface area contributed by atoms with Gasteiger partial charge in [0.2, 0.25) is 0 Å². The zero-order valence-electron chi connectivity index (χ0n) is 13.9. The van der Waals surface area contributed by atoms with E-state index in [-0.39, 0.29) is 11.9 Å². The number of nitrogens with zero attached hydrogens (tertiary/aromatic N) is 2. The van der Waals surface area contributed by atoms with E-state index >= 15 is 0 Å². The van der Waals surface area contributed by atoms with E-state index in [4.69, 9.17) is 5.73 Å². The van der Waals surface area contributed by atoms with Crippen molar-refractivity contribution in [2.75, 3.05) is 5.73 Å². The van der Waals surface area contributed by atoms with Crippen LogP contribution in [0.3, 0.4) is 0 Å². The maximum absolute atomic E-state index is 12.6. The average molecular weight is 352 g/mol. The number of carbonyl (C=O) groups is 1. The average Bonchev–Trinajstić information content (AvgIpc) is 2.99. The van der Waals surface area contributed by atoms with Crippen LogP contribution in [0.2, 0.25) is 0 Å². The summed E-state index contributed by atoms with van der Waals surface area (Å²) in [4.78, 5) is 22.8. The predicted molar refractivity (Wildman–Crippen MR) is 102 cm³/mol. The van der Waals surface area contributed by atoms with Crippen molar-refractivity contribution in [3.63, 3.8) is 0 Å². The van der Waals surface area contributed by atoms with Gasteiger partial charge in [-0.05, 0) is 37.1 Å². The van der Waals surface area contributed by atoms with E-state index < -0.39 is 0 Å². The first-order chi connectivity index (χ1) is 12.2. The fourth-order valence-electron chi connectivity index (χ4n) is 3.34. The molecule has 0 radical (unpaired) electrons. The van der Waals surface area contributed by atoms with E-state index in [0.29, 0.717) is 10.6 Å². The van der Waals surface area contributed by atoms with E-state index in [9.17, 15) is 4.79 Å². The van der Waals surface area contributed by atoms with Crippen molar-refractivity contribution in [1.29, 1.82) is 0 Å². The van der Waals surface area contributed by atoms with E-state index in [1.165, 1.54) is 30.6 Å². The Morgan fingerprint density at radius 2 is 2.04 bits per heavy atom. The van der Waals surface area contributed by atoms with Gasteiger partial charge in [-0.2, -0.15) is 0 Å². The van der Waals surface area contributed by atoms with Gasteiger partial charge < -0.3 is 11.1 Å². The van der Waals surface area contributed by atoms with E-state index in [2.05, 4.69) is 15.3 Å². The quantitative estimate of drug-likeness (QED) is 0.746. The lowest BCUT2D eigenvalue weighted by Gasteiger charge is -2.22. The first kappa shape index (κ1) is 16.0. The molecule has 4 rings (SSSR count). The Labute approximate surface area is 150 Å². The summed E-state index contributed by atoms with van der Waals surface area (Å²) in [5.41, 5.74) is 8.54. The van der Waals surface area contributed by atoms with Crippen molar-refractivity contribution in [3.8, 4) is 11.3 Å². The number of rotatable bonds is 3. The lowest BCUT2D eigenvalue weighted by molar-refractivity contribution is 0.0932. The number of aromatic nitrogens is 2. The van der Waals surface area contributed by atoms with Gasteiger partial charge in [-0.15, -0.1) is 11.3 Å². The first-order valence-electron chi connectivity index (χ1n) is 8.62. The van der Waals surface area contributed by atoms with Crippen LogP contribution in [0.4, 0.5) is 5.69 Å². The number of hydrogen-bond donors (Lipinski definition) is 2. The lowest BCUT2D eigenvalue weighted by Crippen LogP contribution is -2.36. The van der Waals surface area contributed by atoms with Crippen molar-refractivity contribution in [2.45, 2.75) is 38.1 Å². The molecule has 25 heavy (non-hydrogen) atoms. The minimum atomic E-state index is -0.0738. The Morgan fingerprint density at radius 3 is 2.80 bits per heavy atom. The fraction of sp³-hybridized carbons (Fsp3) is 0.316. The molecule has 3 heterocycles. The summed E-state index contributed by atoms with van der Waals surface area (Å²) in [6.45, 7) is 0. The molecule has 3 N–H and O–H groups in total. The Bertz CT molecular complexity index is 900. The molecule has 0 bridgehead atoms. The van der Waals surface area contributed by atoms with E-state index in [1.54, 1.807) is 12.4 Å². The van der Waals surface area contributed by atoms with Crippen LogP contribution < -0.4 is 11.1 Å². The van der Waals surface area contributed by atoms with Crippen LogP contribution in [0.1, 0.15) is 41.8 Å². The molecule has 3 aromatic rings. The maximum Gasteiger partial charge on any atom is 0.263 e. The van der Waals surface area contributed by atoms with E-state index in [0.717, 1.165) is 34.3 Å². The number of hydrogen-bond acceptors (Lipinski definition) is 5. The highest BCUT2D eigenvalue weighted by Gasteiger charge is 2.21. The normalized spacial score (nSPS) is 15.4. The van der Waals surface area contributed by atoms with Crippen LogP contribution in [0, 0.1) is 0 Å². The number of anilines is 1. The second-order valence-electron chi connectivity index (χ2n) is 6.44. The summed E-state index contributed by atoms with van der Waals surface area (Å²) in [7, 11) is 0. The van der Waals surface area contributed by atoms with Crippen LogP contribution in [0.25, 0.3) is 21.5 Å². The molecule has 5 nitrogen and oxygen atoms in total. The zero-order chi connectivity index (χ0) is 17.2. The largest absolute Gasteiger partial charge is 0.397 e. The number of pyridine rings is 2. The summed E-state index contributed by atoms with van der Waals surface area (Å²) in [6.07, 6.45) is 9.25. The molecule has 1 amide bonds. The number of carbonyl (C=O) groups excluding carboxylic acids is 1. The fourth-order valence-corrected chi connectivity index (χ4v) is 4.34.